The molecule has 3 aliphatic heterocycles. The van der Waals surface area contributed by atoms with Crippen molar-refractivity contribution in [3.8, 4) is 0 Å². The maximum atomic E-state index is 6.04. The molecule has 5 nitrogen and oxygen atoms in total. The van der Waals surface area contributed by atoms with Crippen LogP contribution in [0.2, 0.25) is 0 Å². The first-order valence-electron chi connectivity index (χ1n) is 8.90. The van der Waals surface area contributed by atoms with Crippen molar-refractivity contribution in [3.63, 3.8) is 0 Å². The predicted octanol–water partition coefficient (Wildman–Crippen LogP) is 1.45. The minimum Gasteiger partial charge on any atom is -0.377 e. The Morgan fingerprint density at radius 2 is 2.17 bits per heavy atom. The molecule has 4 rings (SSSR count). The SMILES string of the molecule is Cc1cccc(CN2C[C@H]3OCCN(CC4CCCO4)[C@H]3C2)n1. The number of aromatic nitrogens is 1. The Labute approximate surface area is 138 Å². The van der Waals surface area contributed by atoms with Crippen LogP contribution in [0.25, 0.3) is 0 Å². The number of nitrogens with zero attached hydrogens (tertiary/aromatic N) is 3. The Kier molecular flexibility index (Phi) is 4.62. The molecule has 3 fully saturated rings. The quantitative estimate of drug-likeness (QED) is 0.840. The summed E-state index contributed by atoms with van der Waals surface area (Å²) in [7, 11) is 0. The molecule has 1 aromatic heterocycles. The van der Waals surface area contributed by atoms with E-state index in [1.807, 2.05) is 0 Å². The minimum absolute atomic E-state index is 0.343. The van der Waals surface area contributed by atoms with E-state index in [2.05, 4.69) is 39.9 Å². The van der Waals surface area contributed by atoms with Crippen LogP contribution < -0.4 is 0 Å². The second kappa shape index (κ2) is 6.85. The number of rotatable bonds is 4. The number of pyridine rings is 1. The fraction of sp³-hybridized carbons (Fsp3) is 0.722. The molecule has 0 aromatic carbocycles. The molecular weight excluding hydrogens is 290 g/mol. The zero-order valence-electron chi connectivity index (χ0n) is 14.0. The lowest BCUT2D eigenvalue weighted by atomic mass is 10.1. The van der Waals surface area contributed by atoms with Crippen LogP contribution in [0, 0.1) is 6.92 Å². The Morgan fingerprint density at radius 3 is 3.00 bits per heavy atom. The Hall–Kier alpha value is -1.01. The molecular formula is C18H27N3O2. The average Bonchev–Trinajstić information content (AvgIpc) is 3.17. The Bertz CT molecular complexity index is 533. The molecule has 0 spiro atoms. The van der Waals surface area contributed by atoms with Gasteiger partial charge in [-0.1, -0.05) is 6.07 Å². The summed E-state index contributed by atoms with van der Waals surface area (Å²) in [6, 6.07) is 6.79. The van der Waals surface area contributed by atoms with E-state index in [1.54, 1.807) is 0 Å². The minimum atomic E-state index is 0.343. The molecule has 0 radical (unpaired) electrons. The lowest BCUT2D eigenvalue weighted by Gasteiger charge is -2.38. The zero-order valence-corrected chi connectivity index (χ0v) is 14.0. The third-order valence-electron chi connectivity index (χ3n) is 5.29. The highest BCUT2D eigenvalue weighted by Gasteiger charge is 2.40. The van der Waals surface area contributed by atoms with Gasteiger partial charge in [-0.05, 0) is 31.9 Å². The summed E-state index contributed by atoms with van der Waals surface area (Å²) in [5.41, 5.74) is 2.25. The van der Waals surface area contributed by atoms with Crippen molar-refractivity contribution in [3.05, 3.63) is 29.6 Å². The summed E-state index contributed by atoms with van der Waals surface area (Å²) in [6.45, 7) is 8.97. The topological polar surface area (TPSA) is 37.8 Å². The molecule has 3 saturated heterocycles. The molecule has 1 unspecified atom stereocenters. The van der Waals surface area contributed by atoms with Crippen LogP contribution in [0.15, 0.2) is 18.2 Å². The first-order chi connectivity index (χ1) is 11.3. The zero-order chi connectivity index (χ0) is 15.6. The summed E-state index contributed by atoms with van der Waals surface area (Å²) in [4.78, 5) is 9.74. The molecule has 3 atom stereocenters. The third kappa shape index (κ3) is 3.58. The number of aryl methyl sites for hydroxylation is 1. The lowest BCUT2D eigenvalue weighted by Crippen LogP contribution is -2.52. The van der Waals surface area contributed by atoms with Crippen LogP contribution in [-0.4, -0.2) is 72.4 Å². The van der Waals surface area contributed by atoms with E-state index in [0.29, 0.717) is 18.2 Å². The van der Waals surface area contributed by atoms with Crippen molar-refractivity contribution in [2.45, 2.75) is 44.6 Å². The fourth-order valence-corrected chi connectivity index (χ4v) is 4.16. The third-order valence-corrected chi connectivity index (χ3v) is 5.29. The summed E-state index contributed by atoms with van der Waals surface area (Å²) in [6.07, 6.45) is 3.20. The van der Waals surface area contributed by atoms with Gasteiger partial charge >= 0.3 is 0 Å². The molecule has 0 bridgehead atoms. The van der Waals surface area contributed by atoms with E-state index in [0.717, 1.165) is 57.3 Å². The largest absolute Gasteiger partial charge is 0.377 e. The summed E-state index contributed by atoms with van der Waals surface area (Å²) < 4.78 is 11.9. The van der Waals surface area contributed by atoms with Crippen LogP contribution in [0.4, 0.5) is 0 Å². The second-order valence-corrected chi connectivity index (χ2v) is 7.07. The molecule has 4 heterocycles. The van der Waals surface area contributed by atoms with Crippen LogP contribution in [0.3, 0.4) is 0 Å². The van der Waals surface area contributed by atoms with Gasteiger partial charge in [-0.3, -0.25) is 14.8 Å². The first-order valence-corrected chi connectivity index (χ1v) is 8.90. The molecule has 0 N–H and O–H groups in total. The maximum absolute atomic E-state index is 6.04. The highest BCUT2D eigenvalue weighted by Crippen LogP contribution is 2.25. The normalized spacial score (nSPS) is 32.3. The molecule has 5 heteroatoms. The average molecular weight is 317 g/mol. The first kappa shape index (κ1) is 15.5. The van der Waals surface area contributed by atoms with Gasteiger partial charge in [-0.15, -0.1) is 0 Å². The highest BCUT2D eigenvalue weighted by atomic mass is 16.5. The molecule has 0 aliphatic carbocycles. The number of ether oxygens (including phenoxy) is 2. The summed E-state index contributed by atoms with van der Waals surface area (Å²) in [5.74, 6) is 0. The van der Waals surface area contributed by atoms with Gasteiger partial charge in [0.1, 0.15) is 0 Å². The van der Waals surface area contributed by atoms with Crippen molar-refractivity contribution in [1.82, 2.24) is 14.8 Å². The van der Waals surface area contributed by atoms with Crippen LogP contribution >= 0.6 is 0 Å². The highest BCUT2D eigenvalue weighted by molar-refractivity contribution is 5.10. The fourth-order valence-electron chi connectivity index (χ4n) is 4.16. The molecule has 23 heavy (non-hydrogen) atoms. The molecule has 3 aliphatic rings. The predicted molar refractivity (Wildman–Crippen MR) is 88.3 cm³/mol. The van der Waals surface area contributed by atoms with Crippen molar-refractivity contribution in [2.24, 2.45) is 0 Å². The number of hydrogen-bond donors (Lipinski definition) is 0. The van der Waals surface area contributed by atoms with Gasteiger partial charge in [-0.2, -0.15) is 0 Å². The number of morpholine rings is 1. The van der Waals surface area contributed by atoms with Gasteiger partial charge in [0.2, 0.25) is 0 Å². The second-order valence-electron chi connectivity index (χ2n) is 7.07. The van der Waals surface area contributed by atoms with Gasteiger partial charge in [0, 0.05) is 51.1 Å². The standard InChI is InChI=1S/C18H27N3O2/c1-14-4-2-5-15(19-14)10-20-12-17-18(13-20)23-9-7-21(17)11-16-6-3-8-22-16/h2,4-5,16-18H,3,6-13H2,1H3/t16?,17-,18+/m0/s1. The molecule has 1 aromatic rings. The van der Waals surface area contributed by atoms with Crippen LogP contribution in [-0.2, 0) is 16.0 Å². The summed E-state index contributed by atoms with van der Waals surface area (Å²) in [5, 5.41) is 0. The van der Waals surface area contributed by atoms with Gasteiger partial charge in [0.15, 0.2) is 0 Å². The van der Waals surface area contributed by atoms with Crippen molar-refractivity contribution < 1.29 is 9.47 Å². The molecule has 0 saturated carbocycles. The van der Waals surface area contributed by atoms with E-state index >= 15 is 0 Å². The van der Waals surface area contributed by atoms with Gasteiger partial charge < -0.3 is 9.47 Å². The van der Waals surface area contributed by atoms with Gasteiger partial charge in [0.25, 0.3) is 0 Å². The lowest BCUT2D eigenvalue weighted by molar-refractivity contribution is -0.0615. The number of hydrogen-bond acceptors (Lipinski definition) is 5. The van der Waals surface area contributed by atoms with Gasteiger partial charge in [0.05, 0.1) is 24.5 Å². The molecule has 126 valence electrons. The smallest absolute Gasteiger partial charge is 0.0870 e. The van der Waals surface area contributed by atoms with E-state index in [4.69, 9.17) is 9.47 Å². The van der Waals surface area contributed by atoms with E-state index in [9.17, 15) is 0 Å². The van der Waals surface area contributed by atoms with Crippen molar-refractivity contribution in [1.29, 1.82) is 0 Å². The van der Waals surface area contributed by atoms with Crippen LogP contribution in [0.1, 0.15) is 24.2 Å². The van der Waals surface area contributed by atoms with Crippen molar-refractivity contribution >= 4 is 0 Å². The van der Waals surface area contributed by atoms with Crippen LogP contribution in [0.5, 0.6) is 0 Å². The monoisotopic (exact) mass is 317 g/mol. The van der Waals surface area contributed by atoms with Gasteiger partial charge in [-0.25, -0.2) is 0 Å². The van der Waals surface area contributed by atoms with E-state index in [1.165, 1.54) is 12.8 Å². The Balaban J connectivity index is 1.38. The Morgan fingerprint density at radius 1 is 1.22 bits per heavy atom. The van der Waals surface area contributed by atoms with Crippen molar-refractivity contribution in [2.75, 3.05) is 39.4 Å². The van der Waals surface area contributed by atoms with E-state index in [-0.39, 0.29) is 0 Å². The number of likely N-dealkylation sites (tertiary alicyclic amines) is 1. The maximum Gasteiger partial charge on any atom is 0.0870 e. The van der Waals surface area contributed by atoms with E-state index < -0.39 is 0 Å². The summed E-state index contributed by atoms with van der Waals surface area (Å²) >= 11 is 0. The number of fused-ring (bicyclic) bond motifs is 1. The molecule has 0 amide bonds.